The van der Waals surface area contributed by atoms with Crippen molar-refractivity contribution >= 4 is 21.7 Å². The number of aromatic nitrogens is 2. The molecule has 8 nitrogen and oxygen atoms in total. The van der Waals surface area contributed by atoms with Gasteiger partial charge in [0.25, 0.3) is 5.91 Å². The van der Waals surface area contributed by atoms with Crippen molar-refractivity contribution in [1.82, 2.24) is 19.4 Å². The number of sulfonamides is 1. The molecular formula is C26H27F3N4O4S. The maximum absolute atomic E-state index is 13.5. The van der Waals surface area contributed by atoms with E-state index < -0.39 is 33.4 Å². The SMILES string of the molecule is O=C(NCCCC(=O)C1CCN(S(=O)(=O)c2ccccc2)CC1)c1cn(-c2ccccc2)nc1C(F)(F)F. The van der Waals surface area contributed by atoms with E-state index in [2.05, 4.69) is 10.4 Å². The Bertz CT molecular complexity index is 1370. The van der Waals surface area contributed by atoms with Gasteiger partial charge in [0.1, 0.15) is 5.78 Å². The smallest absolute Gasteiger partial charge is 0.352 e. The van der Waals surface area contributed by atoms with Gasteiger partial charge in [0, 0.05) is 38.2 Å². The molecule has 0 bridgehead atoms. The zero-order chi connectivity index (χ0) is 27.3. The van der Waals surface area contributed by atoms with Crippen molar-refractivity contribution in [3.63, 3.8) is 0 Å². The lowest BCUT2D eigenvalue weighted by atomic mass is 9.91. The molecule has 4 rings (SSSR count). The molecule has 1 fully saturated rings. The molecule has 202 valence electrons. The molecule has 0 spiro atoms. The summed E-state index contributed by atoms with van der Waals surface area (Å²) in [6.45, 7) is 0.478. The number of nitrogens with zero attached hydrogens (tertiary/aromatic N) is 3. The highest BCUT2D eigenvalue weighted by atomic mass is 32.2. The zero-order valence-electron chi connectivity index (χ0n) is 20.4. The van der Waals surface area contributed by atoms with Crippen LogP contribution in [0, 0.1) is 5.92 Å². The fourth-order valence-electron chi connectivity index (χ4n) is 4.39. The number of amides is 1. The molecule has 12 heteroatoms. The van der Waals surface area contributed by atoms with E-state index >= 15 is 0 Å². The molecule has 0 saturated carbocycles. The fourth-order valence-corrected chi connectivity index (χ4v) is 5.88. The van der Waals surface area contributed by atoms with E-state index in [0.717, 1.165) is 10.9 Å². The topological polar surface area (TPSA) is 101 Å². The number of nitrogens with one attached hydrogen (secondary N) is 1. The first kappa shape index (κ1) is 27.5. The maximum atomic E-state index is 13.5. The van der Waals surface area contributed by atoms with Crippen LogP contribution in [0.3, 0.4) is 0 Å². The van der Waals surface area contributed by atoms with Gasteiger partial charge in [-0.25, -0.2) is 13.1 Å². The van der Waals surface area contributed by atoms with E-state index in [9.17, 15) is 31.2 Å². The minimum absolute atomic E-state index is 0.0135. The number of para-hydroxylation sites is 1. The molecule has 0 aliphatic carbocycles. The van der Waals surface area contributed by atoms with Gasteiger partial charge >= 0.3 is 6.18 Å². The molecule has 0 radical (unpaired) electrons. The molecule has 1 aliphatic rings. The quantitative estimate of drug-likeness (QED) is 0.407. The van der Waals surface area contributed by atoms with E-state index in [1.807, 2.05) is 0 Å². The van der Waals surface area contributed by atoms with Gasteiger partial charge in [0.05, 0.1) is 16.1 Å². The summed E-state index contributed by atoms with van der Waals surface area (Å²) in [4.78, 5) is 25.4. The zero-order valence-corrected chi connectivity index (χ0v) is 21.2. The van der Waals surface area contributed by atoms with Gasteiger partial charge in [-0.1, -0.05) is 36.4 Å². The van der Waals surface area contributed by atoms with Crippen LogP contribution < -0.4 is 5.32 Å². The van der Waals surface area contributed by atoms with Crippen molar-refractivity contribution in [2.45, 2.75) is 36.8 Å². The largest absolute Gasteiger partial charge is 0.435 e. The van der Waals surface area contributed by atoms with E-state index in [4.69, 9.17) is 0 Å². The number of alkyl halides is 3. The number of carbonyl (C=O) groups is 2. The van der Waals surface area contributed by atoms with Gasteiger partial charge in [0.2, 0.25) is 10.0 Å². The molecule has 2 aromatic carbocycles. The van der Waals surface area contributed by atoms with Gasteiger partial charge in [-0.2, -0.15) is 22.6 Å². The van der Waals surface area contributed by atoms with Crippen molar-refractivity contribution in [2.75, 3.05) is 19.6 Å². The lowest BCUT2D eigenvalue weighted by Gasteiger charge is -2.30. The summed E-state index contributed by atoms with van der Waals surface area (Å²) < 4.78 is 68.4. The average molecular weight is 549 g/mol. The second-order valence-electron chi connectivity index (χ2n) is 8.99. The highest BCUT2D eigenvalue weighted by molar-refractivity contribution is 7.89. The summed E-state index contributed by atoms with van der Waals surface area (Å²) in [5.41, 5.74) is -1.50. The second-order valence-corrected chi connectivity index (χ2v) is 10.9. The summed E-state index contributed by atoms with van der Waals surface area (Å²) >= 11 is 0. The van der Waals surface area contributed by atoms with Crippen molar-refractivity contribution in [3.8, 4) is 5.69 Å². The molecule has 0 atom stereocenters. The summed E-state index contributed by atoms with van der Waals surface area (Å²) in [6.07, 6.45) is -2.61. The standard InChI is InChI=1S/C26H27F3N4O4S/c27-26(28,29)24-22(18-33(31-24)20-8-3-1-4-9-20)25(35)30-15-7-12-23(34)19-13-16-32(17-14-19)38(36,37)21-10-5-2-6-11-21/h1-6,8-11,18-19H,7,12-17H2,(H,30,35). The van der Waals surface area contributed by atoms with Gasteiger partial charge in [-0.3, -0.25) is 9.59 Å². The summed E-state index contributed by atoms with van der Waals surface area (Å²) in [5, 5.41) is 6.01. The van der Waals surface area contributed by atoms with Crippen LogP contribution in [0.4, 0.5) is 13.2 Å². The van der Waals surface area contributed by atoms with Crippen molar-refractivity contribution < 1.29 is 31.2 Å². The highest BCUT2D eigenvalue weighted by Gasteiger charge is 2.39. The third-order valence-electron chi connectivity index (χ3n) is 6.42. The predicted octanol–water partition coefficient (Wildman–Crippen LogP) is 4.07. The third-order valence-corrected chi connectivity index (χ3v) is 8.34. The lowest BCUT2D eigenvalue weighted by Crippen LogP contribution is -2.40. The first-order valence-electron chi connectivity index (χ1n) is 12.2. The molecular weight excluding hydrogens is 521 g/mol. The Kier molecular flexibility index (Phi) is 8.32. The third kappa shape index (κ3) is 6.30. The second kappa shape index (κ2) is 11.5. The van der Waals surface area contributed by atoms with Crippen LogP contribution in [0.2, 0.25) is 0 Å². The first-order chi connectivity index (χ1) is 18.1. The molecule has 1 aromatic heterocycles. The van der Waals surface area contributed by atoms with Crippen molar-refractivity contribution in [1.29, 1.82) is 0 Å². The maximum Gasteiger partial charge on any atom is 0.435 e. The van der Waals surface area contributed by atoms with Crippen LogP contribution in [0.5, 0.6) is 0 Å². The number of piperidine rings is 1. The highest BCUT2D eigenvalue weighted by Crippen LogP contribution is 2.31. The number of benzene rings is 2. The van der Waals surface area contributed by atoms with Gasteiger partial charge in [-0.15, -0.1) is 0 Å². The predicted molar refractivity (Wildman–Crippen MR) is 133 cm³/mol. The van der Waals surface area contributed by atoms with E-state index in [1.165, 1.54) is 16.4 Å². The van der Waals surface area contributed by atoms with Crippen LogP contribution in [0.15, 0.2) is 71.8 Å². The molecule has 1 saturated heterocycles. The Morgan fingerprint density at radius 2 is 1.58 bits per heavy atom. The molecule has 1 amide bonds. The summed E-state index contributed by atoms with van der Waals surface area (Å²) in [5.74, 6) is -1.27. The summed E-state index contributed by atoms with van der Waals surface area (Å²) in [6, 6.07) is 16.3. The van der Waals surface area contributed by atoms with Crippen LogP contribution >= 0.6 is 0 Å². The normalized spacial score (nSPS) is 15.3. The van der Waals surface area contributed by atoms with Gasteiger partial charge in [0.15, 0.2) is 5.69 Å². The molecule has 38 heavy (non-hydrogen) atoms. The fraction of sp³-hybridized carbons (Fsp3) is 0.346. The van der Waals surface area contributed by atoms with Crippen LogP contribution in [-0.4, -0.2) is 53.8 Å². The molecule has 1 aliphatic heterocycles. The van der Waals surface area contributed by atoms with Crippen LogP contribution in [-0.2, 0) is 21.0 Å². The number of rotatable bonds is 9. The number of carbonyl (C=O) groups excluding carboxylic acids is 2. The Labute approximate surface area is 218 Å². The van der Waals surface area contributed by atoms with E-state index in [1.54, 1.807) is 48.5 Å². The average Bonchev–Trinajstić information content (AvgIpc) is 3.39. The summed E-state index contributed by atoms with van der Waals surface area (Å²) in [7, 11) is -3.61. The number of Topliss-reactive ketones (excluding diaryl/α,β-unsaturated/α-hetero) is 1. The Balaban J connectivity index is 1.27. The van der Waals surface area contributed by atoms with Gasteiger partial charge in [-0.05, 0) is 43.5 Å². The monoisotopic (exact) mass is 548 g/mol. The Morgan fingerprint density at radius 1 is 0.974 bits per heavy atom. The van der Waals surface area contributed by atoms with Crippen LogP contribution in [0.1, 0.15) is 41.7 Å². The lowest BCUT2D eigenvalue weighted by molar-refractivity contribution is -0.141. The Hall–Kier alpha value is -3.51. The van der Waals surface area contributed by atoms with Crippen molar-refractivity contribution in [2.24, 2.45) is 5.92 Å². The number of hydrogen-bond acceptors (Lipinski definition) is 5. The van der Waals surface area contributed by atoms with Gasteiger partial charge < -0.3 is 5.32 Å². The first-order valence-corrected chi connectivity index (χ1v) is 13.6. The van der Waals surface area contributed by atoms with Crippen LogP contribution in [0.25, 0.3) is 5.69 Å². The van der Waals surface area contributed by atoms with E-state index in [-0.39, 0.29) is 49.1 Å². The van der Waals surface area contributed by atoms with Crippen molar-refractivity contribution in [3.05, 3.63) is 78.1 Å². The number of halogens is 3. The molecule has 2 heterocycles. The van der Waals surface area contributed by atoms with E-state index in [0.29, 0.717) is 18.5 Å². The molecule has 1 N–H and O–H groups in total. The number of ketones is 1. The minimum atomic E-state index is -4.81. The number of hydrogen-bond donors (Lipinski definition) is 1. The Morgan fingerprint density at radius 3 is 2.18 bits per heavy atom. The minimum Gasteiger partial charge on any atom is -0.352 e. The molecule has 3 aromatic rings. The molecule has 0 unspecified atom stereocenters.